The summed E-state index contributed by atoms with van der Waals surface area (Å²) in [5, 5.41) is 13.5. The Balaban J connectivity index is 1.34. The number of halogens is 1. The molecule has 0 bridgehead atoms. The van der Waals surface area contributed by atoms with E-state index >= 15 is 0 Å². The number of hydrogen-bond donors (Lipinski definition) is 2. The average Bonchev–Trinajstić information content (AvgIpc) is 2.87. The van der Waals surface area contributed by atoms with Crippen molar-refractivity contribution >= 4 is 11.6 Å². The van der Waals surface area contributed by atoms with Crippen molar-refractivity contribution in [3.63, 3.8) is 0 Å². The number of phenolic OH excluding ortho intramolecular Hbond substituents is 1. The molecular formula is C29H43ClN2O3. The summed E-state index contributed by atoms with van der Waals surface area (Å²) >= 11 is 5.98. The monoisotopic (exact) mass is 502 g/mol. The van der Waals surface area contributed by atoms with Crippen molar-refractivity contribution in [2.24, 2.45) is 0 Å². The van der Waals surface area contributed by atoms with Gasteiger partial charge in [0, 0.05) is 11.6 Å². The van der Waals surface area contributed by atoms with Gasteiger partial charge >= 0.3 is 0 Å². The highest BCUT2D eigenvalue weighted by Crippen LogP contribution is 2.38. The molecule has 0 saturated carbocycles. The SMILES string of the molecule is CCCN(CCCCCCNCCc1ccc(O)c(Cl)c1)[C@H]1CCc2c(ccc(OC)c2OC)C1. The van der Waals surface area contributed by atoms with E-state index in [9.17, 15) is 5.11 Å². The lowest BCUT2D eigenvalue weighted by Gasteiger charge is -2.36. The molecule has 0 unspecified atom stereocenters. The molecule has 1 aliphatic carbocycles. The lowest BCUT2D eigenvalue weighted by atomic mass is 9.86. The Morgan fingerprint density at radius 2 is 1.86 bits per heavy atom. The summed E-state index contributed by atoms with van der Waals surface area (Å²) in [5.41, 5.74) is 3.90. The summed E-state index contributed by atoms with van der Waals surface area (Å²) in [7, 11) is 3.46. The lowest BCUT2D eigenvalue weighted by Crippen LogP contribution is -2.40. The van der Waals surface area contributed by atoms with Gasteiger partial charge in [-0.3, -0.25) is 0 Å². The topological polar surface area (TPSA) is 54.0 Å². The number of rotatable bonds is 15. The van der Waals surface area contributed by atoms with Crippen LogP contribution >= 0.6 is 11.6 Å². The standard InChI is InChI=1S/C29H43ClN2O3/c1-4-18-32(24-11-12-25-23(21-24)10-14-28(34-2)29(25)35-3)19-8-6-5-7-16-31-17-15-22-9-13-27(33)26(30)20-22/h9-10,13-14,20,24,31,33H,4-8,11-12,15-19,21H2,1-3H3/t24-/m0/s1. The third-order valence-corrected chi connectivity index (χ3v) is 7.41. The molecule has 194 valence electrons. The van der Waals surface area contributed by atoms with Gasteiger partial charge in [0.05, 0.1) is 19.2 Å². The Morgan fingerprint density at radius 1 is 1.03 bits per heavy atom. The Bertz CT molecular complexity index is 921. The van der Waals surface area contributed by atoms with Gasteiger partial charge in [-0.05, 0) is 100 Å². The van der Waals surface area contributed by atoms with Crippen molar-refractivity contribution in [3.8, 4) is 17.2 Å². The van der Waals surface area contributed by atoms with Gasteiger partial charge in [0.1, 0.15) is 5.75 Å². The van der Waals surface area contributed by atoms with Crippen LogP contribution in [0.15, 0.2) is 30.3 Å². The van der Waals surface area contributed by atoms with Crippen LogP contribution in [0.25, 0.3) is 0 Å². The second-order valence-electron chi connectivity index (χ2n) is 9.57. The molecule has 0 aromatic heterocycles. The predicted octanol–water partition coefficient (Wildman–Crippen LogP) is 6.02. The third-order valence-electron chi connectivity index (χ3n) is 7.11. The van der Waals surface area contributed by atoms with E-state index in [1.165, 1.54) is 62.7 Å². The van der Waals surface area contributed by atoms with Crippen LogP contribution in [0.4, 0.5) is 0 Å². The van der Waals surface area contributed by atoms with Crippen molar-refractivity contribution in [1.82, 2.24) is 10.2 Å². The number of benzene rings is 2. The fourth-order valence-corrected chi connectivity index (χ4v) is 5.42. The van der Waals surface area contributed by atoms with E-state index in [0.29, 0.717) is 11.1 Å². The summed E-state index contributed by atoms with van der Waals surface area (Å²) in [6, 6.07) is 10.4. The fraction of sp³-hybridized carbons (Fsp3) is 0.586. The van der Waals surface area contributed by atoms with Crippen LogP contribution in [0.2, 0.25) is 5.02 Å². The highest BCUT2D eigenvalue weighted by molar-refractivity contribution is 6.32. The van der Waals surface area contributed by atoms with Crippen LogP contribution in [0.1, 0.15) is 62.1 Å². The van der Waals surface area contributed by atoms with E-state index in [1.54, 1.807) is 20.3 Å². The van der Waals surface area contributed by atoms with Crippen LogP contribution in [0.3, 0.4) is 0 Å². The second-order valence-corrected chi connectivity index (χ2v) is 9.98. The molecule has 35 heavy (non-hydrogen) atoms. The maximum Gasteiger partial charge on any atom is 0.164 e. The molecule has 3 rings (SSSR count). The van der Waals surface area contributed by atoms with E-state index < -0.39 is 0 Å². The van der Waals surface area contributed by atoms with Crippen molar-refractivity contribution < 1.29 is 14.6 Å². The molecule has 0 radical (unpaired) electrons. The highest BCUT2D eigenvalue weighted by atomic mass is 35.5. The van der Waals surface area contributed by atoms with E-state index in [1.807, 2.05) is 12.1 Å². The lowest BCUT2D eigenvalue weighted by molar-refractivity contribution is 0.175. The maximum absolute atomic E-state index is 9.51. The van der Waals surface area contributed by atoms with Gasteiger partial charge in [-0.2, -0.15) is 0 Å². The van der Waals surface area contributed by atoms with Crippen LogP contribution < -0.4 is 14.8 Å². The molecule has 2 aromatic carbocycles. The van der Waals surface area contributed by atoms with Gasteiger partial charge in [-0.1, -0.05) is 43.5 Å². The summed E-state index contributed by atoms with van der Waals surface area (Å²) in [4.78, 5) is 2.72. The Hall–Kier alpha value is -1.95. The first-order valence-corrected chi connectivity index (χ1v) is 13.6. The van der Waals surface area contributed by atoms with Crippen molar-refractivity contribution in [3.05, 3.63) is 52.0 Å². The first-order valence-electron chi connectivity index (χ1n) is 13.2. The van der Waals surface area contributed by atoms with Gasteiger partial charge in [0.15, 0.2) is 11.5 Å². The van der Waals surface area contributed by atoms with E-state index in [2.05, 4.69) is 29.3 Å². The number of ether oxygens (including phenoxy) is 2. The number of aromatic hydroxyl groups is 1. The minimum Gasteiger partial charge on any atom is -0.506 e. The Morgan fingerprint density at radius 3 is 2.60 bits per heavy atom. The van der Waals surface area contributed by atoms with Crippen LogP contribution in [-0.4, -0.2) is 56.4 Å². The maximum atomic E-state index is 9.51. The zero-order valence-corrected chi connectivity index (χ0v) is 22.5. The van der Waals surface area contributed by atoms with Crippen molar-refractivity contribution in [1.29, 1.82) is 0 Å². The largest absolute Gasteiger partial charge is 0.506 e. The van der Waals surface area contributed by atoms with Crippen LogP contribution in [-0.2, 0) is 19.3 Å². The molecule has 1 aliphatic rings. The van der Waals surface area contributed by atoms with E-state index in [0.717, 1.165) is 49.4 Å². The van der Waals surface area contributed by atoms with Gasteiger partial charge < -0.3 is 24.8 Å². The average molecular weight is 503 g/mol. The Labute approximate surface area is 216 Å². The molecule has 0 fully saturated rings. The minimum absolute atomic E-state index is 0.148. The van der Waals surface area contributed by atoms with Gasteiger partial charge in [0.25, 0.3) is 0 Å². The number of nitrogens with one attached hydrogen (secondary N) is 1. The molecule has 5 nitrogen and oxygen atoms in total. The molecular weight excluding hydrogens is 460 g/mol. The van der Waals surface area contributed by atoms with Gasteiger partial charge in [0.2, 0.25) is 0 Å². The number of unbranched alkanes of at least 4 members (excludes halogenated alkanes) is 3. The number of phenols is 1. The summed E-state index contributed by atoms with van der Waals surface area (Å²) < 4.78 is 11.2. The van der Waals surface area contributed by atoms with E-state index in [-0.39, 0.29) is 5.75 Å². The summed E-state index contributed by atoms with van der Waals surface area (Å²) in [6.07, 6.45) is 10.5. The van der Waals surface area contributed by atoms with Crippen LogP contribution in [0.5, 0.6) is 17.2 Å². The smallest absolute Gasteiger partial charge is 0.164 e. The molecule has 2 N–H and O–H groups in total. The molecule has 6 heteroatoms. The molecule has 2 aromatic rings. The first-order chi connectivity index (χ1) is 17.1. The number of methoxy groups -OCH3 is 2. The third kappa shape index (κ3) is 8.03. The van der Waals surface area contributed by atoms with Crippen LogP contribution in [0, 0.1) is 0 Å². The van der Waals surface area contributed by atoms with Gasteiger partial charge in [-0.25, -0.2) is 0 Å². The molecule has 1 atom stereocenters. The van der Waals surface area contributed by atoms with Gasteiger partial charge in [-0.15, -0.1) is 0 Å². The molecule has 0 spiro atoms. The molecule has 0 heterocycles. The zero-order chi connectivity index (χ0) is 25.0. The van der Waals surface area contributed by atoms with Crippen molar-refractivity contribution in [2.75, 3.05) is 40.4 Å². The quantitative estimate of drug-likeness (QED) is 0.291. The minimum atomic E-state index is 0.148. The number of fused-ring (bicyclic) bond motifs is 1. The molecule has 0 amide bonds. The molecule has 0 saturated heterocycles. The Kier molecular flexibility index (Phi) is 11.5. The first kappa shape index (κ1) is 27.6. The fourth-order valence-electron chi connectivity index (χ4n) is 5.22. The van der Waals surface area contributed by atoms with E-state index in [4.69, 9.17) is 21.1 Å². The molecule has 0 aliphatic heterocycles. The normalized spacial score (nSPS) is 15.3. The van der Waals surface area contributed by atoms with Crippen molar-refractivity contribution in [2.45, 2.75) is 70.8 Å². The highest BCUT2D eigenvalue weighted by Gasteiger charge is 2.27. The number of hydrogen-bond acceptors (Lipinski definition) is 5. The number of nitrogens with zero attached hydrogens (tertiary/aromatic N) is 1. The summed E-state index contributed by atoms with van der Waals surface area (Å²) in [5.74, 6) is 1.91. The predicted molar refractivity (Wildman–Crippen MR) is 145 cm³/mol. The second kappa shape index (κ2) is 14.6. The summed E-state index contributed by atoms with van der Waals surface area (Å²) in [6.45, 7) is 6.64. The zero-order valence-electron chi connectivity index (χ0n) is 21.7.